The lowest BCUT2D eigenvalue weighted by molar-refractivity contribution is 0.156. The zero-order chi connectivity index (χ0) is 12.1. The van der Waals surface area contributed by atoms with E-state index in [2.05, 4.69) is 35.5 Å². The highest BCUT2D eigenvalue weighted by atomic mass is 32.2. The standard InChI is InChI=1S/C14H28N2S/c1-13-6-9-16(11-12-17-13)10-7-14-5-3-4-8-15(14)2/h13-14H,3-12H2,1-2H3/t13-,14-/m0/s1. The molecule has 0 aromatic rings. The fraction of sp³-hybridized carbons (Fsp3) is 1.00. The van der Waals surface area contributed by atoms with Gasteiger partial charge in [0.15, 0.2) is 0 Å². The minimum atomic E-state index is 0.858. The summed E-state index contributed by atoms with van der Waals surface area (Å²) in [4.78, 5) is 5.28. The molecule has 2 heterocycles. The molecule has 0 aromatic carbocycles. The molecule has 0 saturated carbocycles. The van der Waals surface area contributed by atoms with E-state index < -0.39 is 0 Å². The third-order valence-corrected chi connectivity index (χ3v) is 5.58. The van der Waals surface area contributed by atoms with Crippen LogP contribution in [0.5, 0.6) is 0 Å². The summed E-state index contributed by atoms with van der Waals surface area (Å²) >= 11 is 2.15. The topological polar surface area (TPSA) is 6.48 Å². The maximum absolute atomic E-state index is 2.69. The molecule has 2 aliphatic heterocycles. The quantitative estimate of drug-likeness (QED) is 0.766. The highest BCUT2D eigenvalue weighted by Crippen LogP contribution is 2.21. The molecule has 0 amide bonds. The van der Waals surface area contributed by atoms with E-state index in [1.165, 1.54) is 64.0 Å². The van der Waals surface area contributed by atoms with Crippen molar-refractivity contribution in [3.63, 3.8) is 0 Å². The lowest BCUT2D eigenvalue weighted by Gasteiger charge is -2.34. The van der Waals surface area contributed by atoms with Crippen LogP contribution in [-0.4, -0.2) is 60.1 Å². The van der Waals surface area contributed by atoms with E-state index in [1.54, 1.807) is 0 Å². The summed E-state index contributed by atoms with van der Waals surface area (Å²) in [6, 6.07) is 0.858. The van der Waals surface area contributed by atoms with E-state index in [-0.39, 0.29) is 0 Å². The number of likely N-dealkylation sites (tertiary alicyclic amines) is 1. The van der Waals surface area contributed by atoms with E-state index in [4.69, 9.17) is 0 Å². The van der Waals surface area contributed by atoms with Gasteiger partial charge in [0.05, 0.1) is 0 Å². The average molecular weight is 256 g/mol. The second kappa shape index (κ2) is 7.01. The third-order valence-electron chi connectivity index (χ3n) is 4.36. The number of nitrogens with zero attached hydrogens (tertiary/aromatic N) is 2. The molecule has 0 aliphatic carbocycles. The van der Waals surface area contributed by atoms with E-state index >= 15 is 0 Å². The molecule has 0 radical (unpaired) electrons. The number of rotatable bonds is 3. The fourth-order valence-electron chi connectivity index (χ4n) is 3.01. The van der Waals surface area contributed by atoms with Gasteiger partial charge in [-0.3, -0.25) is 0 Å². The summed E-state index contributed by atoms with van der Waals surface area (Å²) in [5.41, 5.74) is 0. The molecule has 0 N–H and O–H groups in total. The van der Waals surface area contributed by atoms with Crippen molar-refractivity contribution < 1.29 is 0 Å². The zero-order valence-electron chi connectivity index (χ0n) is 11.5. The molecule has 2 atom stereocenters. The van der Waals surface area contributed by atoms with Crippen LogP contribution in [0.2, 0.25) is 0 Å². The van der Waals surface area contributed by atoms with Crippen molar-refractivity contribution in [1.29, 1.82) is 0 Å². The Labute approximate surface area is 111 Å². The van der Waals surface area contributed by atoms with Crippen molar-refractivity contribution in [2.24, 2.45) is 0 Å². The smallest absolute Gasteiger partial charge is 0.0104 e. The van der Waals surface area contributed by atoms with Gasteiger partial charge in [-0.15, -0.1) is 0 Å². The van der Waals surface area contributed by atoms with Crippen LogP contribution in [-0.2, 0) is 0 Å². The van der Waals surface area contributed by atoms with Gasteiger partial charge < -0.3 is 9.80 Å². The number of piperidine rings is 1. The summed E-state index contributed by atoms with van der Waals surface area (Å²) in [6.07, 6.45) is 7.04. The summed E-state index contributed by atoms with van der Waals surface area (Å²) < 4.78 is 0. The minimum Gasteiger partial charge on any atom is -0.303 e. The molecule has 2 fully saturated rings. The molecule has 17 heavy (non-hydrogen) atoms. The van der Waals surface area contributed by atoms with Gasteiger partial charge in [0, 0.05) is 23.6 Å². The molecule has 3 heteroatoms. The fourth-order valence-corrected chi connectivity index (χ4v) is 4.04. The Morgan fingerprint density at radius 2 is 2.00 bits per heavy atom. The largest absolute Gasteiger partial charge is 0.303 e. The Morgan fingerprint density at radius 1 is 1.12 bits per heavy atom. The van der Waals surface area contributed by atoms with E-state index in [0.29, 0.717) is 0 Å². The second-order valence-corrected chi connectivity index (χ2v) is 7.28. The molecule has 100 valence electrons. The van der Waals surface area contributed by atoms with Crippen LogP contribution in [0.25, 0.3) is 0 Å². The monoisotopic (exact) mass is 256 g/mol. The van der Waals surface area contributed by atoms with Gasteiger partial charge in [-0.2, -0.15) is 11.8 Å². The summed E-state index contributed by atoms with van der Waals surface area (Å²) in [5, 5.41) is 0.873. The highest BCUT2D eigenvalue weighted by Gasteiger charge is 2.20. The first-order chi connectivity index (χ1) is 8.25. The lowest BCUT2D eigenvalue weighted by atomic mass is 10.00. The van der Waals surface area contributed by atoms with Gasteiger partial charge in [-0.1, -0.05) is 13.3 Å². The Bertz CT molecular complexity index is 222. The molecule has 0 aromatic heterocycles. The van der Waals surface area contributed by atoms with Crippen LogP contribution < -0.4 is 0 Å². The first kappa shape index (κ1) is 13.7. The molecule has 0 unspecified atom stereocenters. The lowest BCUT2D eigenvalue weighted by Crippen LogP contribution is -2.39. The molecular weight excluding hydrogens is 228 g/mol. The predicted molar refractivity (Wildman–Crippen MR) is 77.9 cm³/mol. The Morgan fingerprint density at radius 3 is 2.82 bits per heavy atom. The van der Waals surface area contributed by atoms with Crippen molar-refractivity contribution in [2.75, 3.05) is 39.0 Å². The summed E-state index contributed by atoms with van der Waals surface area (Å²) in [7, 11) is 2.31. The van der Waals surface area contributed by atoms with Crippen LogP contribution in [0.3, 0.4) is 0 Å². The van der Waals surface area contributed by atoms with Gasteiger partial charge in [0.1, 0.15) is 0 Å². The predicted octanol–water partition coefficient (Wildman–Crippen LogP) is 2.69. The maximum atomic E-state index is 2.69. The van der Waals surface area contributed by atoms with Gasteiger partial charge in [0.25, 0.3) is 0 Å². The minimum absolute atomic E-state index is 0.858. The van der Waals surface area contributed by atoms with Crippen LogP contribution in [0.1, 0.15) is 39.0 Å². The molecule has 0 spiro atoms. The molecule has 0 bridgehead atoms. The average Bonchev–Trinajstić information content (AvgIpc) is 2.53. The van der Waals surface area contributed by atoms with Crippen LogP contribution in [0.15, 0.2) is 0 Å². The van der Waals surface area contributed by atoms with Gasteiger partial charge in [-0.25, -0.2) is 0 Å². The van der Waals surface area contributed by atoms with Crippen LogP contribution in [0.4, 0.5) is 0 Å². The van der Waals surface area contributed by atoms with Crippen molar-refractivity contribution in [2.45, 2.75) is 50.3 Å². The Balaban J connectivity index is 1.69. The first-order valence-corrected chi connectivity index (χ1v) is 8.35. The van der Waals surface area contributed by atoms with Crippen molar-refractivity contribution in [3.05, 3.63) is 0 Å². The highest BCUT2D eigenvalue weighted by molar-refractivity contribution is 7.99. The third kappa shape index (κ3) is 4.46. The second-order valence-electron chi connectivity index (χ2n) is 5.73. The van der Waals surface area contributed by atoms with Gasteiger partial charge in [-0.05, 0) is 52.4 Å². The van der Waals surface area contributed by atoms with Crippen molar-refractivity contribution in [3.8, 4) is 0 Å². The van der Waals surface area contributed by atoms with Crippen molar-refractivity contribution >= 4 is 11.8 Å². The van der Waals surface area contributed by atoms with Gasteiger partial charge >= 0.3 is 0 Å². The van der Waals surface area contributed by atoms with Gasteiger partial charge in [0.2, 0.25) is 0 Å². The van der Waals surface area contributed by atoms with Crippen LogP contribution in [0, 0.1) is 0 Å². The molecular formula is C14H28N2S. The van der Waals surface area contributed by atoms with Crippen LogP contribution >= 0.6 is 11.8 Å². The Hall–Kier alpha value is 0.270. The zero-order valence-corrected chi connectivity index (χ0v) is 12.3. The van der Waals surface area contributed by atoms with Crippen molar-refractivity contribution in [1.82, 2.24) is 9.80 Å². The van der Waals surface area contributed by atoms with E-state index in [1.807, 2.05) is 0 Å². The number of thioether (sulfide) groups is 1. The molecule has 2 saturated heterocycles. The number of hydrogen-bond donors (Lipinski definition) is 0. The maximum Gasteiger partial charge on any atom is 0.0104 e. The Kier molecular flexibility index (Phi) is 5.64. The summed E-state index contributed by atoms with van der Waals surface area (Å²) in [6.45, 7) is 7.65. The molecule has 2 nitrogen and oxygen atoms in total. The summed E-state index contributed by atoms with van der Waals surface area (Å²) in [5.74, 6) is 1.33. The SMILES string of the molecule is C[C@H]1CCN(CC[C@@H]2CCCCN2C)CCS1. The van der Waals surface area contributed by atoms with E-state index in [0.717, 1.165) is 11.3 Å². The molecule has 2 aliphatic rings. The normalized spacial score (nSPS) is 33.5. The number of hydrogen-bond acceptors (Lipinski definition) is 3. The molecule has 2 rings (SSSR count). The first-order valence-electron chi connectivity index (χ1n) is 7.30. The van der Waals surface area contributed by atoms with E-state index in [9.17, 15) is 0 Å².